The SMILES string of the molecule is CC.Cc1cc(C)c(C#Cc2c3ccccc3c(C#Cc3c(C)cc(C)cc3C)c3cc4c(C#Cc5c(C)cc(C#N)cc5C)c5ccccc5c(C#Cc5c(C)cc(C)cc5C)c4cc23)c(C)c1. The molecule has 0 saturated carbocycles. The predicted octanol–water partition coefficient (Wildman–Crippen LogP) is 16.2. The van der Waals surface area contributed by atoms with Crippen molar-refractivity contribution in [2.45, 2.75) is 90.0 Å². The Morgan fingerprint density at radius 1 is 0.261 bits per heavy atom. The minimum absolute atomic E-state index is 0.633. The van der Waals surface area contributed by atoms with E-state index < -0.39 is 0 Å². The Kier molecular flexibility index (Phi) is 13.4. The maximum absolute atomic E-state index is 9.75. The summed E-state index contributed by atoms with van der Waals surface area (Å²) in [6.45, 7) is 27.4. The molecule has 1 heteroatoms. The van der Waals surface area contributed by atoms with Crippen molar-refractivity contribution in [3.63, 3.8) is 0 Å². The second kappa shape index (κ2) is 19.5. The zero-order chi connectivity index (χ0) is 49.3. The molecule has 0 spiro atoms. The molecule has 0 atom stereocenters. The van der Waals surface area contributed by atoms with Crippen molar-refractivity contribution in [2.75, 3.05) is 0 Å². The predicted molar refractivity (Wildman–Crippen MR) is 294 cm³/mol. The maximum atomic E-state index is 9.75. The van der Waals surface area contributed by atoms with Crippen LogP contribution in [0.3, 0.4) is 0 Å². The summed E-state index contributed by atoms with van der Waals surface area (Å²) in [7, 11) is 0. The number of hydrogen-bond acceptors (Lipinski definition) is 1. The Morgan fingerprint density at radius 2 is 0.464 bits per heavy atom. The quantitative estimate of drug-likeness (QED) is 0.110. The van der Waals surface area contributed by atoms with Crippen LogP contribution in [0.15, 0.2) is 109 Å². The normalized spacial score (nSPS) is 10.5. The van der Waals surface area contributed by atoms with E-state index in [0.717, 1.165) is 132 Å². The van der Waals surface area contributed by atoms with Gasteiger partial charge >= 0.3 is 0 Å². The summed E-state index contributed by atoms with van der Waals surface area (Å²) in [6.07, 6.45) is 0. The third-order valence-corrected chi connectivity index (χ3v) is 13.1. The van der Waals surface area contributed by atoms with Gasteiger partial charge in [-0.1, -0.05) is 163 Å². The van der Waals surface area contributed by atoms with Gasteiger partial charge in [-0.15, -0.1) is 0 Å². The van der Waals surface area contributed by atoms with Crippen LogP contribution in [0.2, 0.25) is 0 Å². The van der Waals surface area contributed by atoms with E-state index in [1.54, 1.807) is 0 Å². The first-order valence-electron chi connectivity index (χ1n) is 23.9. The number of hydrogen-bond donors (Lipinski definition) is 0. The maximum Gasteiger partial charge on any atom is 0.0991 e. The third-order valence-electron chi connectivity index (χ3n) is 13.1. The van der Waals surface area contributed by atoms with E-state index >= 15 is 0 Å². The van der Waals surface area contributed by atoms with Crippen LogP contribution in [0.1, 0.15) is 125 Å². The molecule has 9 rings (SSSR count). The number of aryl methyl sites for hydroxylation is 11. The molecule has 9 aromatic carbocycles. The average Bonchev–Trinajstić information content (AvgIpc) is 3.31. The molecule has 0 aliphatic carbocycles. The van der Waals surface area contributed by atoms with E-state index in [2.05, 4.69) is 213 Å². The molecule has 0 aliphatic rings. The monoisotopic (exact) mass is 887 g/mol. The summed E-state index contributed by atoms with van der Waals surface area (Å²) in [6, 6.07) is 41.2. The van der Waals surface area contributed by atoms with Crippen molar-refractivity contribution in [2.24, 2.45) is 0 Å². The number of nitriles is 1. The average molecular weight is 888 g/mol. The van der Waals surface area contributed by atoms with Crippen molar-refractivity contribution in [3.05, 3.63) is 220 Å². The summed E-state index contributed by atoms with van der Waals surface area (Å²) >= 11 is 0. The molecule has 0 N–H and O–H groups in total. The molecule has 0 saturated heterocycles. The van der Waals surface area contributed by atoms with Crippen molar-refractivity contribution in [1.29, 1.82) is 5.26 Å². The van der Waals surface area contributed by atoms with Gasteiger partial charge in [-0.25, -0.2) is 0 Å². The lowest BCUT2D eigenvalue weighted by atomic mass is 9.85. The summed E-state index contributed by atoms with van der Waals surface area (Å²) in [5.41, 5.74) is 21.0. The van der Waals surface area contributed by atoms with E-state index in [-0.39, 0.29) is 0 Å². The number of rotatable bonds is 0. The summed E-state index contributed by atoms with van der Waals surface area (Å²) < 4.78 is 0. The Bertz CT molecular complexity index is 3850. The Balaban J connectivity index is 0.00000317. The van der Waals surface area contributed by atoms with Crippen molar-refractivity contribution in [3.8, 4) is 53.4 Å². The highest BCUT2D eigenvalue weighted by Gasteiger charge is 2.19. The van der Waals surface area contributed by atoms with E-state index in [9.17, 15) is 5.26 Å². The molecule has 1 nitrogen and oxygen atoms in total. The minimum Gasteiger partial charge on any atom is -0.192 e. The van der Waals surface area contributed by atoms with Crippen molar-refractivity contribution >= 4 is 43.1 Å². The first-order valence-corrected chi connectivity index (χ1v) is 23.9. The zero-order valence-electron chi connectivity index (χ0n) is 42.3. The lowest BCUT2D eigenvalue weighted by Crippen LogP contribution is -1.96. The van der Waals surface area contributed by atoms with Gasteiger partial charge < -0.3 is 0 Å². The van der Waals surface area contributed by atoms with Crippen LogP contribution in [-0.2, 0) is 0 Å². The van der Waals surface area contributed by atoms with Gasteiger partial charge in [0.1, 0.15) is 0 Å². The van der Waals surface area contributed by atoms with E-state index in [1.165, 1.54) is 16.7 Å². The van der Waals surface area contributed by atoms with Gasteiger partial charge in [-0.3, -0.25) is 0 Å². The number of benzene rings is 9. The van der Waals surface area contributed by atoms with Crippen LogP contribution in [0.25, 0.3) is 43.1 Å². The van der Waals surface area contributed by atoms with Crippen LogP contribution in [-0.4, -0.2) is 0 Å². The first-order chi connectivity index (χ1) is 33.2. The van der Waals surface area contributed by atoms with E-state index in [0.29, 0.717) is 5.56 Å². The molecule has 0 heterocycles. The lowest BCUT2D eigenvalue weighted by Gasteiger charge is -2.16. The van der Waals surface area contributed by atoms with Crippen molar-refractivity contribution < 1.29 is 0 Å². The van der Waals surface area contributed by atoms with Crippen molar-refractivity contribution in [1.82, 2.24) is 0 Å². The Labute approximate surface area is 410 Å². The Morgan fingerprint density at radius 3 is 0.681 bits per heavy atom. The molecule has 0 aromatic heterocycles. The fourth-order valence-corrected chi connectivity index (χ4v) is 10.2. The molecule has 0 amide bonds. The molecule has 334 valence electrons. The van der Waals surface area contributed by atoms with Gasteiger partial charge in [0.05, 0.1) is 11.6 Å². The van der Waals surface area contributed by atoms with Gasteiger partial charge in [0.2, 0.25) is 0 Å². The zero-order valence-corrected chi connectivity index (χ0v) is 42.3. The molecule has 69 heavy (non-hydrogen) atoms. The molecular weight excluding hydrogens is 831 g/mol. The van der Waals surface area contributed by atoms with Gasteiger partial charge in [0, 0.05) is 44.5 Å². The van der Waals surface area contributed by atoms with Gasteiger partial charge in [-0.05, 0) is 188 Å². The molecule has 0 fully saturated rings. The standard InChI is InChI=1S/C66H51N.C2H6/c1-39-28-42(4)51(43(5)29-39)20-24-59-55-16-12-13-17-56(55)60(25-21-52-44(6)30-40(2)31-45(52)7)64-37-66-62(27-23-54-48(10)34-50(38-67)35-49(54)11)58-19-15-14-18-57(58)61(65(66)36-63(59)64)26-22-53-46(8)32-41(3)33-47(53)9;1-2/h12-19,28-37H,1-11H3;1-2H3. The summed E-state index contributed by atoms with van der Waals surface area (Å²) in [5.74, 6) is 29.6. The first kappa shape index (κ1) is 47.3. The van der Waals surface area contributed by atoms with Crippen LogP contribution in [0.4, 0.5) is 0 Å². The largest absolute Gasteiger partial charge is 0.192 e. The van der Waals surface area contributed by atoms with E-state index in [4.69, 9.17) is 0 Å². The second-order valence-corrected chi connectivity index (χ2v) is 18.5. The van der Waals surface area contributed by atoms with Crippen LogP contribution < -0.4 is 0 Å². The van der Waals surface area contributed by atoms with Gasteiger partial charge in [0.25, 0.3) is 0 Å². The molecular formula is C68H57N. The van der Waals surface area contributed by atoms with Gasteiger partial charge in [-0.2, -0.15) is 5.26 Å². The summed E-state index contributed by atoms with van der Waals surface area (Å²) in [4.78, 5) is 0. The topological polar surface area (TPSA) is 23.8 Å². The second-order valence-electron chi connectivity index (χ2n) is 18.5. The van der Waals surface area contributed by atoms with Crippen LogP contribution >= 0.6 is 0 Å². The minimum atomic E-state index is 0.633. The van der Waals surface area contributed by atoms with Gasteiger partial charge in [0.15, 0.2) is 0 Å². The summed E-state index contributed by atoms with van der Waals surface area (Å²) in [5, 5.41) is 17.9. The van der Waals surface area contributed by atoms with E-state index in [1.807, 2.05) is 39.8 Å². The fraction of sp³-hybridized carbons (Fsp3) is 0.191. The number of fused-ring (bicyclic) bond motifs is 4. The highest BCUT2D eigenvalue weighted by molar-refractivity contribution is 6.18. The van der Waals surface area contributed by atoms with Crippen LogP contribution in [0, 0.1) is 135 Å². The smallest absolute Gasteiger partial charge is 0.0991 e. The van der Waals surface area contributed by atoms with Crippen LogP contribution in [0.5, 0.6) is 0 Å². The highest BCUT2D eigenvalue weighted by Crippen LogP contribution is 2.40. The Hall–Kier alpha value is -8.25. The number of nitrogens with zero attached hydrogens (tertiary/aromatic N) is 1. The highest BCUT2D eigenvalue weighted by atomic mass is 14.2. The fourth-order valence-electron chi connectivity index (χ4n) is 10.2. The third kappa shape index (κ3) is 9.13. The molecule has 0 radical (unpaired) electrons. The molecule has 0 unspecified atom stereocenters. The lowest BCUT2D eigenvalue weighted by molar-refractivity contribution is 1.30. The molecule has 9 aromatic rings. The molecule has 0 bridgehead atoms. The molecule has 0 aliphatic heterocycles.